The van der Waals surface area contributed by atoms with Crippen molar-refractivity contribution in [3.05, 3.63) is 22.2 Å². The summed E-state index contributed by atoms with van der Waals surface area (Å²) < 4.78 is 21.7. The summed E-state index contributed by atoms with van der Waals surface area (Å²) in [6.07, 6.45) is 1.26. The maximum atomic E-state index is 11.3. The lowest BCUT2D eigenvalue weighted by Gasteiger charge is -2.00. The third-order valence-corrected chi connectivity index (χ3v) is 4.10. The van der Waals surface area contributed by atoms with Gasteiger partial charge in [0.2, 0.25) is 0 Å². The number of hydrogen-bond acceptors (Lipinski definition) is 5. The molecule has 0 fully saturated rings. The largest absolute Gasteiger partial charge is 0.768 e. The maximum absolute atomic E-state index is 11.3. The van der Waals surface area contributed by atoms with Crippen molar-refractivity contribution in [1.29, 1.82) is 0 Å². The first-order valence-corrected chi connectivity index (χ1v) is 5.56. The zero-order valence-corrected chi connectivity index (χ0v) is 8.70. The number of fused-ring (bicyclic) bond motifs is 1. The molecule has 74 valence electrons. The first-order valence-electron chi connectivity index (χ1n) is 3.67. The van der Waals surface area contributed by atoms with Crippen molar-refractivity contribution in [3.8, 4) is 0 Å². The highest BCUT2D eigenvalue weighted by atomic mass is 32.2. The summed E-state index contributed by atoms with van der Waals surface area (Å²) >= 11 is -1.30. The van der Waals surface area contributed by atoms with Gasteiger partial charge in [-0.1, -0.05) is 0 Å². The first-order chi connectivity index (χ1) is 6.61. The molecule has 0 saturated carbocycles. The van der Waals surface area contributed by atoms with E-state index in [0.717, 1.165) is 11.3 Å². The quantitative estimate of drug-likeness (QED) is 0.723. The minimum atomic E-state index is -2.31. The Morgan fingerprint density at radius 3 is 2.93 bits per heavy atom. The Balaban J connectivity index is 2.94. The van der Waals surface area contributed by atoms with Crippen LogP contribution >= 0.6 is 11.3 Å². The molecule has 1 atom stereocenters. The molecule has 1 unspecified atom stereocenters. The van der Waals surface area contributed by atoms with Crippen molar-refractivity contribution in [2.45, 2.75) is 11.1 Å². The Morgan fingerprint density at radius 1 is 1.64 bits per heavy atom. The second kappa shape index (κ2) is 3.26. The van der Waals surface area contributed by atoms with E-state index >= 15 is 0 Å². The fourth-order valence-corrected chi connectivity index (χ4v) is 2.96. The van der Waals surface area contributed by atoms with E-state index in [2.05, 4.69) is 9.97 Å². The van der Waals surface area contributed by atoms with Crippen LogP contribution in [-0.2, 0) is 11.1 Å². The fourth-order valence-electron chi connectivity index (χ4n) is 1.22. The van der Waals surface area contributed by atoms with Crippen molar-refractivity contribution >= 4 is 32.6 Å². The summed E-state index contributed by atoms with van der Waals surface area (Å²) in [7, 11) is 0. The van der Waals surface area contributed by atoms with Crippen LogP contribution in [0.25, 0.3) is 10.2 Å². The van der Waals surface area contributed by atoms with Crippen LogP contribution in [0.2, 0.25) is 0 Å². The van der Waals surface area contributed by atoms with Crippen LogP contribution in [-0.4, -0.2) is 18.7 Å². The molecule has 0 saturated heterocycles. The summed E-state index contributed by atoms with van der Waals surface area (Å²) in [6.45, 7) is 1.60. The third-order valence-electron chi connectivity index (χ3n) is 1.84. The number of rotatable bonds is 1. The molecule has 2 aromatic rings. The van der Waals surface area contributed by atoms with Gasteiger partial charge in [-0.05, 0) is 23.6 Å². The van der Waals surface area contributed by atoms with Gasteiger partial charge in [-0.2, -0.15) is 0 Å². The van der Waals surface area contributed by atoms with Crippen LogP contribution in [0.1, 0.15) is 5.56 Å². The molecule has 0 amide bonds. The number of hydrogen-bond donors (Lipinski definition) is 1. The molecular weight excluding hydrogens is 224 g/mol. The van der Waals surface area contributed by atoms with Gasteiger partial charge in [-0.25, -0.2) is 4.98 Å². The molecule has 14 heavy (non-hydrogen) atoms. The first kappa shape index (κ1) is 9.50. The Bertz CT molecular complexity index is 572. The van der Waals surface area contributed by atoms with E-state index < -0.39 is 11.1 Å². The average molecular weight is 229 g/mol. The highest BCUT2D eigenvalue weighted by Crippen LogP contribution is 2.28. The Labute approximate surface area is 85.1 Å². The molecule has 7 heteroatoms. The number of aromatic nitrogens is 2. The molecule has 0 aliphatic rings. The Hall–Kier alpha value is -1.05. The summed E-state index contributed by atoms with van der Waals surface area (Å²) in [4.78, 5) is 18.1. The van der Waals surface area contributed by atoms with Crippen molar-refractivity contribution in [2.24, 2.45) is 0 Å². The summed E-state index contributed by atoms with van der Waals surface area (Å²) in [5.41, 5.74) is 0.160. The van der Waals surface area contributed by atoms with Crippen molar-refractivity contribution in [1.82, 2.24) is 9.97 Å². The summed E-state index contributed by atoms with van der Waals surface area (Å²) in [6, 6.07) is 0. The van der Waals surface area contributed by atoms with E-state index in [9.17, 15) is 13.6 Å². The van der Waals surface area contributed by atoms with E-state index in [1.54, 1.807) is 6.92 Å². The molecule has 2 aromatic heterocycles. The van der Waals surface area contributed by atoms with E-state index in [4.69, 9.17) is 0 Å². The Kier molecular flexibility index (Phi) is 2.22. The van der Waals surface area contributed by atoms with Gasteiger partial charge in [0.1, 0.15) is 4.83 Å². The molecule has 0 spiro atoms. The topological polar surface area (TPSA) is 85.9 Å². The van der Waals surface area contributed by atoms with Crippen LogP contribution in [0.15, 0.2) is 15.3 Å². The number of aromatic amines is 1. The van der Waals surface area contributed by atoms with Crippen LogP contribution in [0.5, 0.6) is 0 Å². The van der Waals surface area contributed by atoms with Gasteiger partial charge in [-0.3, -0.25) is 9.00 Å². The normalized spacial score (nSPS) is 13.3. The predicted molar refractivity (Wildman–Crippen MR) is 52.2 cm³/mol. The van der Waals surface area contributed by atoms with Gasteiger partial charge in [0, 0.05) is 0 Å². The van der Waals surface area contributed by atoms with Gasteiger partial charge in [0.25, 0.3) is 5.56 Å². The molecule has 1 N–H and O–H groups in total. The molecular formula is C7H5N2O3S2-. The molecule has 2 rings (SSSR count). The van der Waals surface area contributed by atoms with Crippen LogP contribution in [0, 0.1) is 6.92 Å². The zero-order valence-electron chi connectivity index (χ0n) is 7.07. The lowest BCUT2D eigenvalue weighted by atomic mass is 10.3. The van der Waals surface area contributed by atoms with E-state index in [-0.39, 0.29) is 9.77 Å². The molecule has 0 aliphatic heterocycles. The minimum Gasteiger partial charge on any atom is -0.768 e. The number of thiophene rings is 1. The van der Waals surface area contributed by atoms with Gasteiger partial charge in [0.15, 0.2) is 0 Å². The van der Waals surface area contributed by atoms with Gasteiger partial charge >= 0.3 is 0 Å². The Morgan fingerprint density at radius 2 is 2.36 bits per heavy atom. The van der Waals surface area contributed by atoms with Crippen LogP contribution in [0.4, 0.5) is 0 Å². The molecule has 5 nitrogen and oxygen atoms in total. The molecule has 0 radical (unpaired) electrons. The second-order valence-corrected chi connectivity index (χ2v) is 4.80. The average Bonchev–Trinajstić information content (AvgIpc) is 2.45. The van der Waals surface area contributed by atoms with Crippen LogP contribution in [0.3, 0.4) is 0 Å². The number of nitrogens with one attached hydrogen (secondary N) is 1. The van der Waals surface area contributed by atoms with Gasteiger partial charge in [0.05, 0.1) is 15.9 Å². The lowest BCUT2D eigenvalue weighted by molar-refractivity contribution is 0.539. The smallest absolute Gasteiger partial charge is 0.259 e. The summed E-state index contributed by atoms with van der Waals surface area (Å²) in [5.74, 6) is 0. The van der Waals surface area contributed by atoms with Crippen LogP contribution < -0.4 is 5.56 Å². The maximum Gasteiger partial charge on any atom is 0.259 e. The standard InChI is InChI=1S/C7H6N2O3S2/c1-3-4-5(10)8-2-9-6(4)13-7(3)14(11)12/h2H,1H3,(H,11,12)(H,8,9,10)/p-1. The van der Waals surface area contributed by atoms with Gasteiger partial charge < -0.3 is 9.54 Å². The highest BCUT2D eigenvalue weighted by Gasteiger charge is 2.12. The fraction of sp³-hybridized carbons (Fsp3) is 0.143. The van der Waals surface area contributed by atoms with E-state index in [1.165, 1.54) is 6.33 Å². The van der Waals surface area contributed by atoms with Crippen molar-refractivity contribution in [3.63, 3.8) is 0 Å². The highest BCUT2D eigenvalue weighted by molar-refractivity contribution is 7.82. The summed E-state index contributed by atoms with van der Waals surface area (Å²) in [5, 5.41) is 0.358. The number of aryl methyl sites for hydroxylation is 1. The SMILES string of the molecule is Cc1c(S(=O)[O-])sc2nc[nH]c(=O)c12. The number of nitrogens with zero attached hydrogens (tertiary/aromatic N) is 1. The number of H-pyrrole nitrogens is 1. The lowest BCUT2D eigenvalue weighted by Crippen LogP contribution is -2.05. The molecule has 0 aromatic carbocycles. The van der Waals surface area contributed by atoms with Crippen molar-refractivity contribution < 1.29 is 8.76 Å². The molecule has 0 bridgehead atoms. The minimum absolute atomic E-state index is 0.171. The van der Waals surface area contributed by atoms with Crippen molar-refractivity contribution in [2.75, 3.05) is 0 Å². The third kappa shape index (κ3) is 1.29. The van der Waals surface area contributed by atoms with Gasteiger partial charge in [-0.15, -0.1) is 11.3 Å². The second-order valence-electron chi connectivity index (χ2n) is 2.66. The molecule has 0 aliphatic carbocycles. The van der Waals surface area contributed by atoms with E-state index in [1.807, 2.05) is 0 Å². The molecule has 2 heterocycles. The predicted octanol–water partition coefficient (Wildman–Crippen LogP) is 0.531. The monoisotopic (exact) mass is 229 g/mol. The van der Waals surface area contributed by atoms with E-state index in [0.29, 0.717) is 15.8 Å². The zero-order chi connectivity index (χ0) is 10.3.